The number of carboxylic acid groups (broad SMARTS) is 2. The number of amides is 4. The minimum Gasteiger partial charge on any atom is -0.465 e. The number of imidazole rings is 2. The number of aromatic amines is 2. The fourth-order valence-electron chi connectivity index (χ4n) is 9.21. The van der Waals surface area contributed by atoms with Crippen molar-refractivity contribution in [1.29, 1.82) is 0 Å². The van der Waals surface area contributed by atoms with Gasteiger partial charge in [-0.15, -0.1) is 0 Å². The Bertz CT molecular complexity index is 2450. The summed E-state index contributed by atoms with van der Waals surface area (Å²) >= 11 is 0. The number of benzene rings is 4. The highest BCUT2D eigenvalue weighted by Gasteiger charge is 2.44. The number of likely N-dealkylation sites (tertiary alicyclic amines) is 2. The molecule has 2 saturated carbocycles. The molecule has 4 fully saturated rings. The predicted octanol–water partition coefficient (Wildman–Crippen LogP) is 7.35. The van der Waals surface area contributed by atoms with Gasteiger partial charge in [0.2, 0.25) is 11.8 Å². The summed E-state index contributed by atoms with van der Waals surface area (Å²) in [7, 11) is 0. The van der Waals surface area contributed by atoms with E-state index in [9.17, 15) is 29.4 Å². The van der Waals surface area contributed by atoms with Gasteiger partial charge in [0.1, 0.15) is 23.7 Å². The van der Waals surface area contributed by atoms with Gasteiger partial charge in [0.05, 0.1) is 34.2 Å². The summed E-state index contributed by atoms with van der Waals surface area (Å²) in [5.41, 5.74) is 7.56. The Labute approximate surface area is 333 Å². The molecule has 14 nitrogen and oxygen atoms in total. The summed E-state index contributed by atoms with van der Waals surface area (Å²) in [6, 6.07) is 23.3. The molecule has 14 heteroatoms. The second kappa shape index (κ2) is 14.2. The van der Waals surface area contributed by atoms with E-state index in [1.165, 1.54) is 0 Å². The third kappa shape index (κ3) is 6.75. The third-order valence-electron chi connectivity index (χ3n) is 12.5. The van der Waals surface area contributed by atoms with Crippen molar-refractivity contribution >= 4 is 56.8 Å². The van der Waals surface area contributed by atoms with Gasteiger partial charge < -0.3 is 40.6 Å². The van der Waals surface area contributed by atoms with Crippen LogP contribution in [0.25, 0.3) is 55.1 Å². The maximum atomic E-state index is 13.5. The normalized spacial score (nSPS) is 20.5. The maximum Gasteiger partial charge on any atom is 0.405 e. The van der Waals surface area contributed by atoms with E-state index in [4.69, 9.17) is 9.97 Å². The number of carbonyl (C=O) groups is 4. The Hall–Kier alpha value is -6.44. The van der Waals surface area contributed by atoms with Gasteiger partial charge in [0.15, 0.2) is 0 Å². The van der Waals surface area contributed by atoms with Crippen molar-refractivity contribution in [3.8, 4) is 22.3 Å². The van der Waals surface area contributed by atoms with Crippen molar-refractivity contribution < 1.29 is 29.4 Å². The molecule has 2 aliphatic heterocycles. The Morgan fingerprint density at radius 3 is 1.36 bits per heavy atom. The molecule has 4 aliphatic rings. The fraction of sp³-hybridized carbons (Fsp3) is 0.364. The van der Waals surface area contributed by atoms with Gasteiger partial charge in [-0.3, -0.25) is 9.59 Å². The highest BCUT2D eigenvalue weighted by Crippen LogP contribution is 2.40. The second-order valence-corrected chi connectivity index (χ2v) is 16.4. The lowest BCUT2D eigenvalue weighted by molar-refractivity contribution is -0.135. The molecule has 2 saturated heterocycles. The number of fused-ring (bicyclic) bond motifs is 3. The van der Waals surface area contributed by atoms with E-state index in [1.807, 2.05) is 12.1 Å². The number of hydrogen-bond acceptors (Lipinski definition) is 6. The number of aromatic nitrogens is 4. The maximum absolute atomic E-state index is 13.5. The van der Waals surface area contributed by atoms with Crippen molar-refractivity contribution in [2.24, 2.45) is 11.8 Å². The number of nitrogens with zero attached hydrogens (tertiary/aromatic N) is 4. The molecule has 4 atom stereocenters. The zero-order valence-corrected chi connectivity index (χ0v) is 31.8. The van der Waals surface area contributed by atoms with E-state index in [1.54, 1.807) is 9.80 Å². The first-order valence-electron chi connectivity index (χ1n) is 20.3. The standard InChI is InChI=1S/C44H44N8O6/c53-41(37(23-5-6-23)49-43(55)56)51-17-1-3-35(51)39-45-31-15-13-29(21-33(31)47-39)27-11-9-26-20-28(12-10-25(26)19-27)30-14-16-32-34(22-30)48-40(46-32)36-4-2-18-52(36)42(54)38(24-7-8-24)50-44(57)58/h9-16,19-24,35-38,49-50H,1-8,17-18H2,(H,45,47)(H,46,48)(H,55,56)(H,57,58)/t35-,36?,37-,38?/m0/s1. The Morgan fingerprint density at radius 1 is 0.569 bits per heavy atom. The van der Waals surface area contributed by atoms with Crippen LogP contribution in [0, 0.1) is 11.8 Å². The minimum absolute atomic E-state index is 0.0591. The van der Waals surface area contributed by atoms with Crippen molar-refractivity contribution in [2.45, 2.75) is 75.5 Å². The van der Waals surface area contributed by atoms with Crippen LogP contribution in [0.1, 0.15) is 75.1 Å². The van der Waals surface area contributed by atoms with Crippen LogP contribution in [0.2, 0.25) is 0 Å². The first-order chi connectivity index (χ1) is 28.2. The lowest BCUT2D eigenvalue weighted by atomic mass is 9.97. The minimum atomic E-state index is -1.17. The van der Waals surface area contributed by atoms with E-state index in [0.29, 0.717) is 13.1 Å². The first kappa shape index (κ1) is 35.9. The fourth-order valence-corrected chi connectivity index (χ4v) is 9.21. The van der Waals surface area contributed by atoms with Crippen molar-refractivity contribution in [2.75, 3.05) is 13.1 Å². The van der Waals surface area contributed by atoms with Gasteiger partial charge >= 0.3 is 12.2 Å². The van der Waals surface area contributed by atoms with E-state index in [2.05, 4.69) is 81.3 Å². The molecule has 0 bridgehead atoms. The van der Waals surface area contributed by atoms with Gasteiger partial charge in [-0.2, -0.15) is 0 Å². The smallest absolute Gasteiger partial charge is 0.405 e. The average Bonchev–Trinajstić information content (AvgIpc) is 4.00. The summed E-state index contributed by atoms with van der Waals surface area (Å²) in [5, 5.41) is 25.8. The second-order valence-electron chi connectivity index (χ2n) is 16.4. The average molecular weight is 781 g/mol. The number of carbonyl (C=O) groups excluding carboxylic acids is 2. The molecule has 2 aromatic heterocycles. The molecule has 6 aromatic rings. The van der Waals surface area contributed by atoms with Gasteiger partial charge in [-0.25, -0.2) is 19.6 Å². The first-order valence-corrected chi connectivity index (χ1v) is 20.3. The van der Waals surface area contributed by atoms with Gasteiger partial charge in [-0.1, -0.05) is 36.4 Å². The summed E-state index contributed by atoms with van der Waals surface area (Å²) in [6.07, 6.45) is 4.28. The number of nitrogens with one attached hydrogen (secondary N) is 4. The van der Waals surface area contributed by atoms with Crippen LogP contribution in [0.15, 0.2) is 72.8 Å². The van der Waals surface area contributed by atoms with Crippen LogP contribution in [-0.2, 0) is 9.59 Å². The van der Waals surface area contributed by atoms with Gasteiger partial charge in [0, 0.05) is 13.1 Å². The molecule has 0 spiro atoms. The molecule has 6 N–H and O–H groups in total. The van der Waals surface area contributed by atoms with Crippen LogP contribution in [-0.4, -0.2) is 89.1 Å². The summed E-state index contributed by atoms with van der Waals surface area (Å²) in [5.74, 6) is 1.23. The number of H-pyrrole nitrogens is 2. The Balaban J connectivity index is 0.863. The lowest BCUT2D eigenvalue weighted by Crippen LogP contribution is -2.49. The molecule has 296 valence electrons. The molecule has 10 rings (SSSR count). The van der Waals surface area contributed by atoms with Crippen LogP contribution in [0.5, 0.6) is 0 Å². The molecule has 2 unspecified atom stereocenters. The molecular formula is C44H44N8O6. The lowest BCUT2D eigenvalue weighted by Gasteiger charge is -2.27. The zero-order valence-electron chi connectivity index (χ0n) is 31.8. The number of hydrogen-bond donors (Lipinski definition) is 6. The highest BCUT2D eigenvalue weighted by molar-refractivity contribution is 5.93. The Kier molecular flexibility index (Phi) is 8.79. The van der Waals surface area contributed by atoms with Crippen LogP contribution in [0.4, 0.5) is 9.59 Å². The van der Waals surface area contributed by atoms with E-state index in [0.717, 1.165) is 118 Å². The molecule has 4 heterocycles. The zero-order chi connectivity index (χ0) is 39.7. The Morgan fingerprint density at radius 2 is 0.966 bits per heavy atom. The largest absolute Gasteiger partial charge is 0.465 e. The van der Waals surface area contributed by atoms with Crippen LogP contribution >= 0.6 is 0 Å². The topological polar surface area (TPSA) is 197 Å². The summed E-state index contributed by atoms with van der Waals surface area (Å²) in [6.45, 7) is 1.15. The molecule has 4 aromatic carbocycles. The van der Waals surface area contributed by atoms with Crippen LogP contribution < -0.4 is 10.6 Å². The number of rotatable bonds is 10. The highest BCUT2D eigenvalue weighted by atomic mass is 16.4. The van der Waals surface area contributed by atoms with Crippen molar-refractivity contribution in [3.63, 3.8) is 0 Å². The quantitative estimate of drug-likeness (QED) is 0.0830. The molecule has 2 aliphatic carbocycles. The predicted molar refractivity (Wildman–Crippen MR) is 217 cm³/mol. The summed E-state index contributed by atoms with van der Waals surface area (Å²) in [4.78, 5) is 70.3. The monoisotopic (exact) mass is 780 g/mol. The molecule has 4 amide bonds. The van der Waals surface area contributed by atoms with E-state index < -0.39 is 24.3 Å². The van der Waals surface area contributed by atoms with E-state index >= 15 is 0 Å². The summed E-state index contributed by atoms with van der Waals surface area (Å²) < 4.78 is 0. The van der Waals surface area contributed by atoms with Gasteiger partial charge in [-0.05, 0) is 133 Å². The SMILES string of the molecule is O=C(O)NC(C(=O)N1CCCC1c1nc2cc(-c3ccc4cc(-c5ccc6[nH]c([C@@H]7CCCN7C(=O)[C@@H](NC(=O)O)C7CC7)nc6c5)ccc4c3)ccc2[nH]1)C1CC1. The molecule has 58 heavy (non-hydrogen) atoms. The van der Waals surface area contributed by atoms with Crippen molar-refractivity contribution in [3.05, 3.63) is 84.4 Å². The van der Waals surface area contributed by atoms with Crippen molar-refractivity contribution in [1.82, 2.24) is 40.4 Å². The third-order valence-corrected chi connectivity index (χ3v) is 12.5. The molecular weight excluding hydrogens is 737 g/mol. The van der Waals surface area contributed by atoms with E-state index in [-0.39, 0.29) is 35.7 Å². The van der Waals surface area contributed by atoms with Crippen LogP contribution in [0.3, 0.4) is 0 Å². The molecule has 0 radical (unpaired) electrons. The van der Waals surface area contributed by atoms with Gasteiger partial charge in [0.25, 0.3) is 0 Å².